The van der Waals surface area contributed by atoms with Gasteiger partial charge in [-0.05, 0) is 75.9 Å². The van der Waals surface area contributed by atoms with Crippen LogP contribution in [0.15, 0.2) is 48.5 Å². The van der Waals surface area contributed by atoms with E-state index < -0.39 is 0 Å². The molecule has 0 aliphatic carbocycles. The maximum Gasteiger partial charge on any atom is 0.239 e. The summed E-state index contributed by atoms with van der Waals surface area (Å²) in [5.41, 5.74) is 11.3. The van der Waals surface area contributed by atoms with Crippen molar-refractivity contribution in [3.05, 3.63) is 65.5 Å². The van der Waals surface area contributed by atoms with E-state index >= 15 is 0 Å². The number of anilines is 1. The molecule has 4 aromatic rings. The van der Waals surface area contributed by atoms with Gasteiger partial charge in [-0.2, -0.15) is 0 Å². The summed E-state index contributed by atoms with van der Waals surface area (Å²) in [5, 5.41) is 9.90. The van der Waals surface area contributed by atoms with Crippen LogP contribution in [-0.2, 0) is 40.3 Å². The number of benzene rings is 2. The molecule has 0 saturated carbocycles. The molecule has 11 heteroatoms. The van der Waals surface area contributed by atoms with Crippen molar-refractivity contribution in [2.45, 2.75) is 104 Å². The standard InChI is InChI=1S/C40H58N8O3/c1-5-8-18-35-46-38-39(31-15-9-10-16-32(31)45-40(38)41)48(35)25-14-13-24-47(4)28-30-21-19-29(20-22-30)26-36(50)44-27-37(51)43-23-12-11-17-33(42-7-3)34(49)6-2/h9-10,15-16,19-22,33,42H,5-8,11-14,17-18,23-28H2,1-4H3,(H2,41,45)(H,43,51)(H,44,50). The smallest absolute Gasteiger partial charge is 0.239 e. The van der Waals surface area contributed by atoms with E-state index in [2.05, 4.69) is 62.6 Å². The van der Waals surface area contributed by atoms with Gasteiger partial charge < -0.3 is 31.2 Å². The van der Waals surface area contributed by atoms with E-state index in [4.69, 9.17) is 10.7 Å². The zero-order chi connectivity index (χ0) is 36.6. The van der Waals surface area contributed by atoms with Gasteiger partial charge in [-0.15, -0.1) is 0 Å². The Kier molecular flexibility index (Phi) is 15.8. The number of aryl methyl sites for hydroxylation is 2. The summed E-state index contributed by atoms with van der Waals surface area (Å²) < 4.78 is 2.37. The summed E-state index contributed by atoms with van der Waals surface area (Å²) >= 11 is 0. The zero-order valence-electron chi connectivity index (χ0n) is 31.1. The number of aromatic nitrogens is 3. The molecule has 1 unspecified atom stereocenters. The quantitative estimate of drug-likeness (QED) is 0.0762. The molecule has 0 aliphatic rings. The third-order valence-electron chi connectivity index (χ3n) is 9.33. The number of nitrogens with zero attached hydrogens (tertiary/aromatic N) is 4. The van der Waals surface area contributed by atoms with Crippen molar-refractivity contribution in [3.63, 3.8) is 0 Å². The van der Waals surface area contributed by atoms with E-state index in [1.807, 2.05) is 44.2 Å². The van der Waals surface area contributed by atoms with Crippen LogP contribution < -0.4 is 21.7 Å². The Labute approximate surface area is 303 Å². The predicted molar refractivity (Wildman–Crippen MR) is 206 cm³/mol. The fourth-order valence-electron chi connectivity index (χ4n) is 6.54. The van der Waals surface area contributed by atoms with Crippen molar-refractivity contribution in [1.82, 2.24) is 35.4 Å². The van der Waals surface area contributed by atoms with E-state index in [0.717, 1.165) is 111 Å². The average molecular weight is 699 g/mol. The molecule has 1 atom stereocenters. The SMILES string of the molecule is CCCCc1nc2c(N)nc3ccccc3c2n1CCCCN(C)Cc1ccc(CC(=O)NCC(=O)NCCCCC(NCC)C(=O)CC)cc1. The fraction of sp³-hybridized carbons (Fsp3) is 0.525. The number of para-hydroxylation sites is 1. The Morgan fingerprint density at radius 2 is 1.65 bits per heavy atom. The van der Waals surface area contributed by atoms with Gasteiger partial charge >= 0.3 is 0 Å². The first kappa shape index (κ1) is 39.4. The first-order valence-corrected chi connectivity index (χ1v) is 18.8. The molecule has 4 rings (SSSR count). The van der Waals surface area contributed by atoms with Gasteiger partial charge in [0.15, 0.2) is 5.82 Å². The number of carbonyl (C=O) groups is 3. The van der Waals surface area contributed by atoms with Gasteiger partial charge in [0.25, 0.3) is 0 Å². The highest BCUT2D eigenvalue weighted by atomic mass is 16.2. The Morgan fingerprint density at radius 3 is 2.39 bits per heavy atom. The number of hydrogen-bond acceptors (Lipinski definition) is 8. The number of pyridine rings is 1. The molecule has 2 aromatic heterocycles. The van der Waals surface area contributed by atoms with Crippen LogP contribution in [0.2, 0.25) is 0 Å². The largest absolute Gasteiger partial charge is 0.382 e. The number of likely N-dealkylation sites (N-methyl/N-ethyl adjacent to an activating group) is 1. The van der Waals surface area contributed by atoms with Crippen LogP contribution in [0.1, 0.15) is 89.1 Å². The van der Waals surface area contributed by atoms with Crippen molar-refractivity contribution >= 4 is 45.4 Å². The normalized spacial score (nSPS) is 12.1. The monoisotopic (exact) mass is 698 g/mol. The van der Waals surface area contributed by atoms with E-state index in [9.17, 15) is 14.4 Å². The number of imidazole rings is 1. The van der Waals surface area contributed by atoms with Gasteiger partial charge in [0.2, 0.25) is 11.8 Å². The molecule has 0 saturated heterocycles. The third-order valence-corrected chi connectivity index (χ3v) is 9.33. The molecule has 51 heavy (non-hydrogen) atoms. The molecule has 2 aromatic carbocycles. The lowest BCUT2D eigenvalue weighted by molar-refractivity contribution is -0.125. The maximum absolute atomic E-state index is 12.5. The van der Waals surface area contributed by atoms with Crippen LogP contribution in [0.5, 0.6) is 0 Å². The molecule has 0 radical (unpaired) electrons. The van der Waals surface area contributed by atoms with Crippen molar-refractivity contribution in [2.75, 3.05) is 39.0 Å². The molecule has 2 heterocycles. The van der Waals surface area contributed by atoms with E-state index in [1.165, 1.54) is 5.56 Å². The minimum atomic E-state index is -0.208. The van der Waals surface area contributed by atoms with E-state index in [1.54, 1.807) is 0 Å². The number of nitrogen functional groups attached to an aromatic ring is 1. The van der Waals surface area contributed by atoms with Gasteiger partial charge in [-0.1, -0.05) is 69.7 Å². The highest BCUT2D eigenvalue weighted by molar-refractivity contribution is 6.06. The van der Waals surface area contributed by atoms with Crippen LogP contribution in [-0.4, -0.2) is 76.3 Å². The molecule has 11 nitrogen and oxygen atoms in total. The zero-order valence-corrected chi connectivity index (χ0v) is 31.1. The van der Waals surface area contributed by atoms with Crippen LogP contribution in [0, 0.1) is 0 Å². The second-order valence-electron chi connectivity index (χ2n) is 13.5. The molecule has 0 spiro atoms. The summed E-state index contributed by atoms with van der Waals surface area (Å²) in [6.07, 6.45) is 8.33. The summed E-state index contributed by atoms with van der Waals surface area (Å²) in [6, 6.07) is 16.2. The molecule has 0 bridgehead atoms. The molecule has 0 aliphatic heterocycles. The Morgan fingerprint density at radius 1 is 0.882 bits per heavy atom. The Bertz CT molecular complexity index is 1720. The predicted octanol–water partition coefficient (Wildman–Crippen LogP) is 5.32. The van der Waals surface area contributed by atoms with Crippen LogP contribution in [0.25, 0.3) is 21.9 Å². The summed E-state index contributed by atoms with van der Waals surface area (Å²) in [6.45, 7) is 9.98. The molecule has 5 N–H and O–H groups in total. The van der Waals surface area contributed by atoms with Crippen molar-refractivity contribution in [2.24, 2.45) is 0 Å². The lowest BCUT2D eigenvalue weighted by Gasteiger charge is -2.17. The summed E-state index contributed by atoms with van der Waals surface area (Å²) in [7, 11) is 2.14. The second kappa shape index (κ2) is 20.5. The number of ketones is 1. The van der Waals surface area contributed by atoms with Gasteiger partial charge in [-0.3, -0.25) is 14.4 Å². The van der Waals surface area contributed by atoms with Gasteiger partial charge in [-0.25, -0.2) is 9.97 Å². The minimum Gasteiger partial charge on any atom is -0.382 e. The van der Waals surface area contributed by atoms with Gasteiger partial charge in [0.05, 0.1) is 30.0 Å². The molecule has 2 amide bonds. The topological polar surface area (TPSA) is 147 Å². The highest BCUT2D eigenvalue weighted by Gasteiger charge is 2.17. The number of amides is 2. The number of nitrogens with two attached hydrogens (primary N) is 1. The Balaban J connectivity index is 1.16. The number of Topliss-reactive ketones (excluding diaryl/α,β-unsaturated/α-hetero) is 1. The lowest BCUT2D eigenvalue weighted by atomic mass is 10.0. The van der Waals surface area contributed by atoms with Gasteiger partial charge in [0, 0.05) is 37.9 Å². The molecule has 0 fully saturated rings. The molecular formula is C40H58N8O3. The summed E-state index contributed by atoms with van der Waals surface area (Å²) in [5.74, 6) is 1.42. The maximum atomic E-state index is 12.5. The number of nitrogens with one attached hydrogen (secondary N) is 3. The Hall–Kier alpha value is -4.35. The number of rotatable bonds is 23. The second-order valence-corrected chi connectivity index (χ2v) is 13.5. The van der Waals surface area contributed by atoms with E-state index in [-0.39, 0.29) is 36.6 Å². The number of hydrogen-bond donors (Lipinski definition) is 4. The number of fused-ring (bicyclic) bond motifs is 3. The highest BCUT2D eigenvalue weighted by Crippen LogP contribution is 2.29. The van der Waals surface area contributed by atoms with Gasteiger partial charge in [0.1, 0.15) is 17.1 Å². The van der Waals surface area contributed by atoms with Crippen molar-refractivity contribution in [1.29, 1.82) is 0 Å². The molecule has 276 valence electrons. The number of carbonyl (C=O) groups excluding carboxylic acids is 3. The first-order chi connectivity index (χ1) is 24.7. The minimum absolute atomic E-state index is 0.0466. The third kappa shape index (κ3) is 11.9. The fourth-order valence-corrected chi connectivity index (χ4v) is 6.54. The van der Waals surface area contributed by atoms with Crippen LogP contribution >= 0.6 is 0 Å². The molecular weight excluding hydrogens is 640 g/mol. The van der Waals surface area contributed by atoms with Crippen LogP contribution in [0.4, 0.5) is 5.82 Å². The van der Waals surface area contributed by atoms with Crippen LogP contribution in [0.3, 0.4) is 0 Å². The van der Waals surface area contributed by atoms with Crippen molar-refractivity contribution in [3.8, 4) is 0 Å². The van der Waals surface area contributed by atoms with E-state index in [0.29, 0.717) is 18.8 Å². The average Bonchev–Trinajstić information content (AvgIpc) is 3.50. The number of unbranched alkanes of at least 4 members (excludes halogenated alkanes) is 3. The summed E-state index contributed by atoms with van der Waals surface area (Å²) in [4.78, 5) is 48.6. The first-order valence-electron chi connectivity index (χ1n) is 18.8. The van der Waals surface area contributed by atoms with Crippen molar-refractivity contribution < 1.29 is 14.4 Å². The lowest BCUT2D eigenvalue weighted by Crippen LogP contribution is -2.38.